The Morgan fingerprint density at radius 1 is 0.909 bits per heavy atom. The van der Waals surface area contributed by atoms with Crippen molar-refractivity contribution in [2.75, 3.05) is 42.3 Å². The van der Waals surface area contributed by atoms with Crippen LogP contribution in [0.2, 0.25) is 0 Å². The van der Waals surface area contributed by atoms with E-state index in [1.807, 2.05) is 0 Å². The second-order valence-electron chi connectivity index (χ2n) is 6.67. The van der Waals surface area contributed by atoms with Crippen LogP contribution in [0.15, 0.2) is 40.8 Å². The van der Waals surface area contributed by atoms with E-state index in [4.69, 9.17) is 28.1 Å². The number of fused-ring (bicyclic) bond motifs is 1. The first kappa shape index (κ1) is 23.7. The van der Waals surface area contributed by atoms with E-state index in [1.165, 1.54) is 41.6 Å². The lowest BCUT2D eigenvalue weighted by Crippen LogP contribution is -2.03. The van der Waals surface area contributed by atoms with E-state index in [1.54, 1.807) is 36.4 Å². The molecule has 0 fully saturated rings. The van der Waals surface area contributed by atoms with Crippen molar-refractivity contribution >= 4 is 29.0 Å². The summed E-state index contributed by atoms with van der Waals surface area (Å²) in [6.07, 6.45) is 2.81. The molecule has 3 aromatic rings. The molecule has 0 unspecified atom stereocenters. The van der Waals surface area contributed by atoms with Gasteiger partial charge >= 0.3 is 11.9 Å². The lowest BCUT2D eigenvalue weighted by atomic mass is 10.0. The third-order valence-corrected chi connectivity index (χ3v) is 4.76. The predicted molar refractivity (Wildman–Crippen MR) is 120 cm³/mol. The zero-order valence-corrected chi connectivity index (χ0v) is 18.9. The number of benzene rings is 2. The molecule has 0 N–H and O–H groups in total. The fourth-order valence-electron chi connectivity index (χ4n) is 3.23. The van der Waals surface area contributed by atoms with Gasteiger partial charge in [-0.25, -0.2) is 9.59 Å². The summed E-state index contributed by atoms with van der Waals surface area (Å²) in [4.78, 5) is 24.3. The number of hydrogen-bond donors (Lipinski definition) is 0. The Morgan fingerprint density at radius 3 is 2.30 bits per heavy atom. The lowest BCUT2D eigenvalue weighted by molar-refractivity contribution is -0.134. The van der Waals surface area contributed by atoms with Gasteiger partial charge in [0.1, 0.15) is 11.3 Å². The molecular weight excluding hydrogens is 432 g/mol. The number of methoxy groups -OCH3 is 5. The minimum absolute atomic E-state index is 0.0484. The highest BCUT2D eigenvalue weighted by molar-refractivity contribution is 6.10. The SMILES string of the molecule is COCOc1ccc(-c2oc3c(OC)cc(/C=C/C(=O)OC)cc3c2C(=O)OC)cc1OC. The third-order valence-electron chi connectivity index (χ3n) is 4.76. The van der Waals surface area contributed by atoms with Crippen molar-refractivity contribution in [2.24, 2.45) is 0 Å². The van der Waals surface area contributed by atoms with Crippen molar-refractivity contribution in [1.29, 1.82) is 0 Å². The topological polar surface area (TPSA) is 103 Å². The average molecular weight is 456 g/mol. The van der Waals surface area contributed by atoms with Gasteiger partial charge in [0.25, 0.3) is 0 Å². The number of esters is 2. The molecule has 0 saturated heterocycles. The molecule has 3 rings (SSSR count). The minimum atomic E-state index is -0.599. The van der Waals surface area contributed by atoms with Crippen molar-refractivity contribution in [3.63, 3.8) is 0 Å². The van der Waals surface area contributed by atoms with Crippen LogP contribution in [0.4, 0.5) is 0 Å². The number of carbonyl (C=O) groups is 2. The Labute approximate surface area is 190 Å². The highest BCUT2D eigenvalue weighted by Gasteiger charge is 2.26. The number of furan rings is 1. The largest absolute Gasteiger partial charge is 0.493 e. The first-order valence-electron chi connectivity index (χ1n) is 9.76. The highest BCUT2D eigenvalue weighted by Crippen LogP contribution is 2.41. The van der Waals surface area contributed by atoms with Crippen molar-refractivity contribution in [1.82, 2.24) is 0 Å². The normalized spacial score (nSPS) is 10.9. The zero-order chi connectivity index (χ0) is 24.0. The number of hydrogen-bond acceptors (Lipinski definition) is 9. The Bertz CT molecular complexity index is 1190. The summed E-state index contributed by atoms with van der Waals surface area (Å²) in [5, 5.41) is 0.458. The van der Waals surface area contributed by atoms with Crippen LogP contribution in [0.1, 0.15) is 15.9 Å². The molecule has 0 aliphatic rings. The maximum atomic E-state index is 12.8. The van der Waals surface area contributed by atoms with Gasteiger partial charge in [0, 0.05) is 24.1 Å². The summed E-state index contributed by atoms with van der Waals surface area (Å²) < 4.78 is 37.1. The molecule has 0 radical (unpaired) electrons. The summed E-state index contributed by atoms with van der Waals surface area (Å²) >= 11 is 0. The Hall–Kier alpha value is -3.98. The highest BCUT2D eigenvalue weighted by atomic mass is 16.7. The van der Waals surface area contributed by atoms with Crippen LogP contribution >= 0.6 is 0 Å². The van der Waals surface area contributed by atoms with E-state index >= 15 is 0 Å². The lowest BCUT2D eigenvalue weighted by Gasteiger charge is -2.11. The molecule has 9 nitrogen and oxygen atoms in total. The van der Waals surface area contributed by atoms with Crippen LogP contribution in [0, 0.1) is 0 Å². The summed E-state index contributed by atoms with van der Waals surface area (Å²) in [6.45, 7) is 0.0484. The fraction of sp³-hybridized carbons (Fsp3) is 0.250. The van der Waals surface area contributed by atoms with Crippen LogP contribution in [0.3, 0.4) is 0 Å². The van der Waals surface area contributed by atoms with Crippen molar-refractivity contribution in [2.45, 2.75) is 0 Å². The standard InChI is InChI=1S/C24H24O9/c1-27-13-32-17-8-7-15(12-18(17)28-2)22-21(24(26)31-5)16-10-14(6-9-20(25)30-4)11-19(29-3)23(16)33-22/h6-12H,13H2,1-5H3/b9-6+. The maximum absolute atomic E-state index is 12.8. The quantitative estimate of drug-likeness (QED) is 0.268. The first-order chi connectivity index (χ1) is 16.0. The van der Waals surface area contributed by atoms with E-state index in [2.05, 4.69) is 4.74 Å². The van der Waals surface area contributed by atoms with Gasteiger partial charge in [-0.1, -0.05) is 0 Å². The van der Waals surface area contributed by atoms with E-state index in [-0.39, 0.29) is 18.1 Å². The average Bonchev–Trinajstić information content (AvgIpc) is 3.24. The summed E-state index contributed by atoms with van der Waals surface area (Å²) in [7, 11) is 7.06. The molecule has 0 aliphatic carbocycles. The predicted octanol–water partition coefficient (Wildman–Crippen LogP) is 4.07. The van der Waals surface area contributed by atoms with Gasteiger partial charge in [-0.05, 0) is 42.0 Å². The molecule has 1 heterocycles. The van der Waals surface area contributed by atoms with E-state index in [0.29, 0.717) is 39.3 Å². The second-order valence-corrected chi connectivity index (χ2v) is 6.67. The summed E-state index contributed by atoms with van der Waals surface area (Å²) in [6, 6.07) is 8.47. The summed E-state index contributed by atoms with van der Waals surface area (Å²) in [5.41, 5.74) is 1.71. The molecule has 0 saturated carbocycles. The summed E-state index contributed by atoms with van der Waals surface area (Å²) in [5.74, 6) is 0.416. The van der Waals surface area contributed by atoms with Crippen LogP contribution in [-0.4, -0.2) is 54.3 Å². The van der Waals surface area contributed by atoms with E-state index in [0.717, 1.165) is 0 Å². The molecule has 33 heavy (non-hydrogen) atoms. The van der Waals surface area contributed by atoms with Crippen LogP contribution < -0.4 is 14.2 Å². The molecule has 2 aromatic carbocycles. The zero-order valence-electron chi connectivity index (χ0n) is 18.9. The molecule has 0 aliphatic heterocycles. The van der Waals surface area contributed by atoms with Gasteiger partial charge in [0.15, 0.2) is 29.6 Å². The molecule has 0 bridgehead atoms. The van der Waals surface area contributed by atoms with E-state index < -0.39 is 11.9 Å². The molecule has 9 heteroatoms. The van der Waals surface area contributed by atoms with Crippen molar-refractivity contribution in [3.8, 4) is 28.6 Å². The minimum Gasteiger partial charge on any atom is -0.493 e. The van der Waals surface area contributed by atoms with Crippen LogP contribution in [-0.2, 0) is 19.0 Å². The first-order valence-corrected chi connectivity index (χ1v) is 9.76. The Balaban J connectivity index is 2.22. The van der Waals surface area contributed by atoms with Gasteiger partial charge in [0.05, 0.1) is 28.4 Å². The molecule has 0 amide bonds. The van der Waals surface area contributed by atoms with Gasteiger partial charge in [-0.3, -0.25) is 0 Å². The van der Waals surface area contributed by atoms with E-state index in [9.17, 15) is 9.59 Å². The fourth-order valence-corrected chi connectivity index (χ4v) is 3.23. The number of ether oxygens (including phenoxy) is 6. The second kappa shape index (κ2) is 10.6. The van der Waals surface area contributed by atoms with Crippen molar-refractivity contribution < 1.29 is 42.4 Å². The molecule has 0 spiro atoms. The Morgan fingerprint density at radius 2 is 1.67 bits per heavy atom. The Kier molecular flexibility index (Phi) is 7.57. The molecule has 174 valence electrons. The van der Waals surface area contributed by atoms with Gasteiger partial charge in [-0.15, -0.1) is 0 Å². The van der Waals surface area contributed by atoms with Crippen molar-refractivity contribution in [3.05, 3.63) is 47.5 Å². The molecule has 1 aromatic heterocycles. The van der Waals surface area contributed by atoms with Gasteiger partial charge < -0.3 is 32.8 Å². The smallest absolute Gasteiger partial charge is 0.342 e. The number of rotatable bonds is 9. The van der Waals surface area contributed by atoms with Gasteiger partial charge in [-0.2, -0.15) is 0 Å². The maximum Gasteiger partial charge on any atom is 0.342 e. The molecular formula is C24H24O9. The van der Waals surface area contributed by atoms with Crippen LogP contribution in [0.25, 0.3) is 28.4 Å². The van der Waals surface area contributed by atoms with Crippen LogP contribution in [0.5, 0.6) is 17.2 Å². The number of carbonyl (C=O) groups excluding carboxylic acids is 2. The third kappa shape index (κ3) is 4.93. The van der Waals surface area contributed by atoms with Gasteiger partial charge in [0.2, 0.25) is 0 Å². The molecule has 0 atom stereocenters. The monoisotopic (exact) mass is 456 g/mol.